The van der Waals surface area contributed by atoms with Crippen molar-refractivity contribution in [2.75, 3.05) is 32.5 Å². The highest BCUT2D eigenvalue weighted by Crippen LogP contribution is 2.25. The summed E-state index contributed by atoms with van der Waals surface area (Å²) in [6.45, 7) is 2.61. The van der Waals surface area contributed by atoms with Crippen LogP contribution in [0.15, 0.2) is 0 Å². The topological polar surface area (TPSA) is 57.3 Å². The van der Waals surface area contributed by atoms with Crippen LogP contribution in [0.5, 0.6) is 0 Å². The minimum Gasteiger partial charge on any atom is -0.311 e. The van der Waals surface area contributed by atoms with E-state index in [4.69, 9.17) is 0 Å². The van der Waals surface area contributed by atoms with Crippen molar-refractivity contribution in [3.05, 3.63) is 10.6 Å². The second-order valence-electron chi connectivity index (χ2n) is 4.42. The molecule has 0 unspecified atom stereocenters. The van der Waals surface area contributed by atoms with Gasteiger partial charge in [-0.25, -0.2) is 4.98 Å². The average molecular weight is 254 g/mol. The number of hydrogen-bond acceptors (Lipinski definition) is 5. The number of carbonyl (C=O) groups is 1. The summed E-state index contributed by atoms with van der Waals surface area (Å²) in [5.74, 6) is 0.0396. The van der Waals surface area contributed by atoms with Crippen LogP contribution in [-0.2, 0) is 17.8 Å². The molecular formula is C11H18N4OS. The Balaban J connectivity index is 1.90. The van der Waals surface area contributed by atoms with Gasteiger partial charge in [0.2, 0.25) is 5.91 Å². The lowest BCUT2D eigenvalue weighted by Gasteiger charge is -2.09. The van der Waals surface area contributed by atoms with Gasteiger partial charge in [0.1, 0.15) is 0 Å². The molecule has 6 heteroatoms. The van der Waals surface area contributed by atoms with E-state index < -0.39 is 0 Å². The first-order valence-electron chi connectivity index (χ1n) is 5.79. The Morgan fingerprint density at radius 3 is 3.12 bits per heavy atom. The molecule has 0 atom stereocenters. The molecular weight excluding hydrogens is 236 g/mol. The largest absolute Gasteiger partial charge is 0.311 e. The lowest BCUT2D eigenvalue weighted by atomic mass is 10.2. The third kappa shape index (κ3) is 3.49. The molecule has 94 valence electrons. The van der Waals surface area contributed by atoms with Gasteiger partial charge in [0.15, 0.2) is 5.13 Å². The normalized spacial score (nSPS) is 14.8. The van der Waals surface area contributed by atoms with Crippen molar-refractivity contribution in [3.8, 4) is 0 Å². The monoisotopic (exact) mass is 254 g/mol. The van der Waals surface area contributed by atoms with Gasteiger partial charge in [-0.2, -0.15) is 0 Å². The number of hydrogen-bond donors (Lipinski definition) is 2. The van der Waals surface area contributed by atoms with E-state index in [-0.39, 0.29) is 5.91 Å². The second-order valence-corrected chi connectivity index (χ2v) is 5.50. The minimum atomic E-state index is 0.0396. The first kappa shape index (κ1) is 12.5. The Bertz CT molecular complexity index is 379. The zero-order valence-electron chi connectivity index (χ0n) is 10.2. The predicted molar refractivity (Wildman–Crippen MR) is 69.3 cm³/mol. The van der Waals surface area contributed by atoms with Crippen LogP contribution in [0.3, 0.4) is 0 Å². The summed E-state index contributed by atoms with van der Waals surface area (Å²) < 4.78 is 0. The first-order valence-corrected chi connectivity index (χ1v) is 6.60. The van der Waals surface area contributed by atoms with Crippen molar-refractivity contribution in [1.29, 1.82) is 0 Å². The number of amides is 1. The van der Waals surface area contributed by atoms with E-state index in [0.29, 0.717) is 6.42 Å². The summed E-state index contributed by atoms with van der Waals surface area (Å²) in [5, 5.41) is 6.91. The standard InChI is InChI=1S/C11H18N4OS/c1-15(2)6-4-10(16)14-11-13-8-3-5-12-7-9(8)17-11/h12H,3-7H2,1-2H3,(H,13,14,16). The van der Waals surface area contributed by atoms with E-state index in [0.717, 1.165) is 36.9 Å². The molecule has 0 aliphatic carbocycles. The predicted octanol–water partition coefficient (Wildman–Crippen LogP) is 0.679. The number of nitrogens with zero attached hydrogens (tertiary/aromatic N) is 2. The number of anilines is 1. The highest BCUT2D eigenvalue weighted by molar-refractivity contribution is 7.15. The first-order chi connectivity index (χ1) is 8.15. The molecule has 1 amide bonds. The van der Waals surface area contributed by atoms with Crippen LogP contribution >= 0.6 is 11.3 Å². The fourth-order valence-corrected chi connectivity index (χ4v) is 2.68. The highest BCUT2D eigenvalue weighted by Gasteiger charge is 2.15. The van der Waals surface area contributed by atoms with Gasteiger partial charge in [0.25, 0.3) is 0 Å². The summed E-state index contributed by atoms with van der Waals surface area (Å²) in [6.07, 6.45) is 1.47. The van der Waals surface area contributed by atoms with Gasteiger partial charge in [-0.15, -0.1) is 11.3 Å². The van der Waals surface area contributed by atoms with Crippen LogP contribution in [0.25, 0.3) is 0 Å². The van der Waals surface area contributed by atoms with Crippen molar-refractivity contribution >= 4 is 22.4 Å². The lowest BCUT2D eigenvalue weighted by molar-refractivity contribution is -0.116. The molecule has 2 heterocycles. The summed E-state index contributed by atoms with van der Waals surface area (Å²) in [6, 6.07) is 0. The lowest BCUT2D eigenvalue weighted by Crippen LogP contribution is -2.22. The van der Waals surface area contributed by atoms with Crippen molar-refractivity contribution in [2.45, 2.75) is 19.4 Å². The number of rotatable bonds is 4. The maximum atomic E-state index is 11.6. The van der Waals surface area contributed by atoms with Crippen LogP contribution in [0, 0.1) is 0 Å². The van der Waals surface area contributed by atoms with E-state index in [1.54, 1.807) is 11.3 Å². The van der Waals surface area contributed by atoms with Crippen LogP contribution < -0.4 is 10.6 Å². The van der Waals surface area contributed by atoms with E-state index >= 15 is 0 Å². The zero-order chi connectivity index (χ0) is 12.3. The molecule has 2 N–H and O–H groups in total. The molecule has 0 bridgehead atoms. The van der Waals surface area contributed by atoms with Gasteiger partial charge >= 0.3 is 0 Å². The molecule has 0 radical (unpaired) electrons. The number of carbonyl (C=O) groups excluding carboxylic acids is 1. The summed E-state index contributed by atoms with van der Waals surface area (Å²) in [7, 11) is 3.92. The molecule has 5 nitrogen and oxygen atoms in total. The molecule has 1 aromatic heterocycles. The summed E-state index contributed by atoms with van der Waals surface area (Å²) in [5.41, 5.74) is 1.14. The average Bonchev–Trinajstić information content (AvgIpc) is 2.68. The van der Waals surface area contributed by atoms with E-state index in [1.807, 2.05) is 19.0 Å². The Hall–Kier alpha value is -0.980. The SMILES string of the molecule is CN(C)CCC(=O)Nc1nc2c(s1)CNCC2. The van der Waals surface area contributed by atoms with Crippen molar-refractivity contribution < 1.29 is 4.79 Å². The second kappa shape index (κ2) is 5.57. The molecule has 1 aromatic rings. The quantitative estimate of drug-likeness (QED) is 0.829. The van der Waals surface area contributed by atoms with Crippen LogP contribution in [-0.4, -0.2) is 43.0 Å². The maximum absolute atomic E-state index is 11.6. The zero-order valence-corrected chi connectivity index (χ0v) is 11.1. The molecule has 0 spiro atoms. The third-order valence-corrected chi connectivity index (χ3v) is 3.65. The molecule has 0 saturated carbocycles. The smallest absolute Gasteiger partial charge is 0.227 e. The number of aromatic nitrogens is 1. The van der Waals surface area contributed by atoms with Crippen LogP contribution in [0.2, 0.25) is 0 Å². The number of fused-ring (bicyclic) bond motifs is 1. The van der Waals surface area contributed by atoms with E-state index in [2.05, 4.69) is 15.6 Å². The Morgan fingerprint density at radius 1 is 1.59 bits per heavy atom. The number of thiazole rings is 1. The van der Waals surface area contributed by atoms with Gasteiger partial charge in [0.05, 0.1) is 5.69 Å². The Morgan fingerprint density at radius 2 is 2.41 bits per heavy atom. The molecule has 0 aromatic carbocycles. The van der Waals surface area contributed by atoms with Crippen LogP contribution in [0.1, 0.15) is 17.0 Å². The third-order valence-electron chi connectivity index (χ3n) is 2.63. The van der Waals surface area contributed by atoms with Crippen molar-refractivity contribution in [1.82, 2.24) is 15.2 Å². The molecule has 1 aliphatic rings. The Labute approximate surface area is 105 Å². The maximum Gasteiger partial charge on any atom is 0.227 e. The van der Waals surface area contributed by atoms with Gasteiger partial charge < -0.3 is 15.5 Å². The molecule has 0 fully saturated rings. The van der Waals surface area contributed by atoms with Crippen LogP contribution in [0.4, 0.5) is 5.13 Å². The molecule has 17 heavy (non-hydrogen) atoms. The molecule has 0 saturated heterocycles. The van der Waals surface area contributed by atoms with Crippen molar-refractivity contribution in [3.63, 3.8) is 0 Å². The minimum absolute atomic E-state index is 0.0396. The summed E-state index contributed by atoms with van der Waals surface area (Å²) >= 11 is 1.58. The van der Waals surface area contributed by atoms with Gasteiger partial charge in [-0.1, -0.05) is 0 Å². The van der Waals surface area contributed by atoms with E-state index in [9.17, 15) is 4.79 Å². The van der Waals surface area contributed by atoms with E-state index in [1.165, 1.54) is 4.88 Å². The fraction of sp³-hybridized carbons (Fsp3) is 0.636. The Kier molecular flexibility index (Phi) is 4.09. The highest BCUT2D eigenvalue weighted by atomic mass is 32.1. The molecule has 1 aliphatic heterocycles. The molecule has 2 rings (SSSR count). The van der Waals surface area contributed by atoms with Gasteiger partial charge in [-0.3, -0.25) is 4.79 Å². The van der Waals surface area contributed by atoms with Gasteiger partial charge in [-0.05, 0) is 14.1 Å². The van der Waals surface area contributed by atoms with Crippen molar-refractivity contribution in [2.24, 2.45) is 0 Å². The fourth-order valence-electron chi connectivity index (χ4n) is 1.69. The number of nitrogens with one attached hydrogen (secondary N) is 2. The van der Waals surface area contributed by atoms with Gasteiger partial charge in [0, 0.05) is 37.4 Å². The summed E-state index contributed by atoms with van der Waals surface area (Å²) in [4.78, 5) is 19.3.